The fourth-order valence-corrected chi connectivity index (χ4v) is 9.32. The number of rotatable bonds is 9. The van der Waals surface area contributed by atoms with Gasteiger partial charge in [-0.05, 0) is 57.1 Å². The summed E-state index contributed by atoms with van der Waals surface area (Å²) in [6.07, 6.45) is 6.96. The molecule has 16 heteroatoms. The molecule has 2 amide bonds. The zero-order chi connectivity index (χ0) is 48.9. The Hall–Kier alpha value is -6.10. The van der Waals surface area contributed by atoms with Crippen molar-refractivity contribution in [1.82, 2.24) is 20.9 Å². The third-order valence-electron chi connectivity index (χ3n) is 13.2. The maximum atomic E-state index is 14.7. The van der Waals surface area contributed by atoms with Crippen LogP contribution in [0.3, 0.4) is 0 Å². The Morgan fingerprint density at radius 1 is 1.01 bits per heavy atom. The van der Waals surface area contributed by atoms with Crippen LogP contribution in [0.4, 0.5) is 0 Å². The summed E-state index contributed by atoms with van der Waals surface area (Å²) >= 11 is 0. The number of carbonyl (C=O) groups is 5. The number of ether oxygens (including phenoxy) is 3. The lowest BCUT2D eigenvalue weighted by molar-refractivity contribution is -0.151. The fourth-order valence-electron chi connectivity index (χ4n) is 9.32. The third-order valence-corrected chi connectivity index (χ3v) is 13.2. The van der Waals surface area contributed by atoms with E-state index in [-0.39, 0.29) is 102 Å². The van der Waals surface area contributed by atoms with Crippen molar-refractivity contribution in [3.8, 4) is 11.5 Å². The van der Waals surface area contributed by atoms with Crippen LogP contribution in [0.25, 0.3) is 0 Å². The largest absolute Gasteiger partial charge is 0.507 e. The monoisotopic (exact) mass is 935 g/mol. The van der Waals surface area contributed by atoms with E-state index in [0.29, 0.717) is 38.4 Å². The van der Waals surface area contributed by atoms with Crippen LogP contribution in [0, 0.1) is 18.8 Å². The lowest BCUT2D eigenvalue weighted by Gasteiger charge is -2.38. The van der Waals surface area contributed by atoms with Crippen LogP contribution >= 0.6 is 0 Å². The summed E-state index contributed by atoms with van der Waals surface area (Å²) in [6.45, 7) is 13.4. The standard InChI is InChI=1S/C52H65N5O11/c1-30(2)29-57-23-21-52(22-24-57)55-43-40-41-46(62)33(5)48-42(40)49(64)51(6,68-48)66-25-11-10-18-36(67-39(61)20-13-19-38(60)53-28-34-16-8-7-9-17-34)26-35(58)27-37(59)31(3)14-12-15-32(4)50(65)54-45(47(41)63)44(43)56-52/h7-9,11-12,14-17,25,30-31,35-37,56,58-59,62H,10,13,18-24,26-29H2,1-6H3,(H,53,60)(H,54,65)/b14-12+,25-11+,32-15-/t31?,35?,36-,37-,51?/m1/s1. The number of esters is 1. The quantitative estimate of drug-likeness (QED) is 0.166. The van der Waals surface area contributed by atoms with Gasteiger partial charge in [0, 0.05) is 87.8 Å². The third kappa shape index (κ3) is 11.1. The lowest BCUT2D eigenvalue weighted by atomic mass is 9.82. The molecule has 68 heavy (non-hydrogen) atoms. The van der Waals surface area contributed by atoms with E-state index in [0.717, 1.165) is 12.1 Å². The summed E-state index contributed by atoms with van der Waals surface area (Å²) in [6, 6.07) is 9.48. The van der Waals surface area contributed by atoms with Crippen molar-refractivity contribution in [3.63, 3.8) is 0 Å². The first kappa shape index (κ1) is 49.8. The highest BCUT2D eigenvalue weighted by Gasteiger charge is 2.54. The summed E-state index contributed by atoms with van der Waals surface area (Å²) in [4.78, 5) is 76.4. The number of fused-ring (bicyclic) bond motifs is 13. The molecule has 2 aromatic carbocycles. The molecule has 2 aromatic rings. The molecule has 6 aliphatic rings. The number of nitrogens with one attached hydrogen (secondary N) is 3. The molecule has 5 aliphatic heterocycles. The number of hydrogen-bond donors (Lipinski definition) is 6. The number of phenolic OH excluding ortho intramolecular Hbond substituents is 1. The van der Waals surface area contributed by atoms with Crippen LogP contribution in [-0.2, 0) is 30.4 Å². The van der Waals surface area contributed by atoms with Gasteiger partial charge in [-0.3, -0.25) is 29.0 Å². The van der Waals surface area contributed by atoms with E-state index >= 15 is 0 Å². The predicted molar refractivity (Wildman–Crippen MR) is 253 cm³/mol. The van der Waals surface area contributed by atoms with Crippen molar-refractivity contribution in [2.24, 2.45) is 16.8 Å². The Labute approximate surface area is 397 Å². The van der Waals surface area contributed by atoms with E-state index in [9.17, 15) is 39.3 Å². The molecule has 5 atom stereocenters. The van der Waals surface area contributed by atoms with Crippen molar-refractivity contribution in [2.45, 2.75) is 136 Å². The maximum absolute atomic E-state index is 14.7. The molecule has 8 rings (SSSR count). The van der Waals surface area contributed by atoms with Crippen molar-refractivity contribution < 1.29 is 53.5 Å². The van der Waals surface area contributed by atoms with Crippen LogP contribution in [0.15, 0.2) is 82.9 Å². The molecule has 1 spiro atoms. The number of phenols is 1. The minimum atomic E-state index is -1.93. The van der Waals surface area contributed by atoms with Gasteiger partial charge in [-0.1, -0.05) is 69.3 Å². The van der Waals surface area contributed by atoms with Gasteiger partial charge in [0.05, 0.1) is 41.0 Å². The van der Waals surface area contributed by atoms with E-state index in [2.05, 4.69) is 34.7 Å². The number of aliphatic hydroxyl groups excluding tert-OH is 2. The van der Waals surface area contributed by atoms with Gasteiger partial charge >= 0.3 is 11.8 Å². The first-order valence-electron chi connectivity index (χ1n) is 23.8. The number of amides is 2. The Morgan fingerprint density at radius 2 is 1.75 bits per heavy atom. The minimum Gasteiger partial charge on any atom is -0.507 e. The van der Waals surface area contributed by atoms with Crippen LogP contribution in [0.1, 0.15) is 130 Å². The summed E-state index contributed by atoms with van der Waals surface area (Å²) < 4.78 is 18.1. The number of aliphatic imine (C=N–C) groups is 1. The van der Waals surface area contributed by atoms with Crippen molar-refractivity contribution >= 4 is 35.1 Å². The Bertz CT molecular complexity index is 2450. The van der Waals surface area contributed by atoms with Gasteiger partial charge in [-0.2, -0.15) is 0 Å². The number of carbonyl (C=O) groups excluding carboxylic acids is 5. The van der Waals surface area contributed by atoms with E-state index in [1.807, 2.05) is 30.3 Å². The molecule has 5 bridgehead atoms. The number of aromatic hydroxyl groups is 1. The van der Waals surface area contributed by atoms with Crippen LogP contribution in [0.5, 0.6) is 11.5 Å². The Morgan fingerprint density at radius 3 is 2.47 bits per heavy atom. The lowest BCUT2D eigenvalue weighted by Crippen LogP contribution is -2.50. The number of piperidine rings is 1. The Balaban J connectivity index is 1.15. The molecule has 364 valence electrons. The second kappa shape index (κ2) is 21.0. The van der Waals surface area contributed by atoms with Gasteiger partial charge in [0.15, 0.2) is 0 Å². The normalized spacial score (nSPS) is 27.0. The Kier molecular flexibility index (Phi) is 15.4. The number of Topliss-reactive ketones (excluding diaryl/α,β-unsaturated/α-hetero) is 2. The second-order valence-electron chi connectivity index (χ2n) is 19.2. The summed E-state index contributed by atoms with van der Waals surface area (Å²) in [7, 11) is 0. The molecule has 1 fully saturated rings. The number of hydrogen-bond acceptors (Lipinski definition) is 14. The number of benzene rings is 2. The highest BCUT2D eigenvalue weighted by molar-refractivity contribution is 6.34. The molecule has 0 saturated carbocycles. The number of likely N-dealkylation sites (tertiary alicyclic amines) is 1. The molecule has 0 radical (unpaired) electrons. The molecule has 16 nitrogen and oxygen atoms in total. The van der Waals surface area contributed by atoms with Gasteiger partial charge in [-0.15, -0.1) is 0 Å². The van der Waals surface area contributed by atoms with E-state index in [4.69, 9.17) is 19.2 Å². The molecular formula is C52H65N5O11. The molecule has 1 saturated heterocycles. The molecule has 1 aliphatic carbocycles. The summed E-state index contributed by atoms with van der Waals surface area (Å²) in [5.74, 6) is -4.96. The van der Waals surface area contributed by atoms with E-state index in [1.54, 1.807) is 38.2 Å². The molecular weight excluding hydrogens is 871 g/mol. The van der Waals surface area contributed by atoms with Crippen LogP contribution in [-0.4, -0.2) is 105 Å². The van der Waals surface area contributed by atoms with Gasteiger partial charge in [0.1, 0.15) is 29.0 Å². The van der Waals surface area contributed by atoms with Crippen molar-refractivity contribution in [3.05, 3.63) is 106 Å². The summed E-state index contributed by atoms with van der Waals surface area (Å²) in [5, 5.41) is 43.2. The number of nitrogens with zero attached hydrogens (tertiary/aromatic N) is 2. The maximum Gasteiger partial charge on any atom is 0.312 e. The summed E-state index contributed by atoms with van der Waals surface area (Å²) in [5.41, 5.74) is 0.795. The highest BCUT2D eigenvalue weighted by atomic mass is 16.7. The van der Waals surface area contributed by atoms with Gasteiger partial charge in [0.25, 0.3) is 11.7 Å². The average molecular weight is 936 g/mol. The van der Waals surface area contributed by atoms with Gasteiger partial charge in [-0.25, -0.2) is 0 Å². The minimum absolute atomic E-state index is 0.0139. The smallest absolute Gasteiger partial charge is 0.312 e. The number of ketones is 2. The van der Waals surface area contributed by atoms with Gasteiger partial charge < -0.3 is 50.4 Å². The zero-order valence-electron chi connectivity index (χ0n) is 39.9. The van der Waals surface area contributed by atoms with E-state index < -0.39 is 64.9 Å². The van der Waals surface area contributed by atoms with Crippen molar-refractivity contribution in [2.75, 3.05) is 19.6 Å². The SMILES string of the molecule is C/C1=C/C=C/C(C)[C@H](O)CC(O)C[C@H](OC(=O)CCCC(=O)NCc2ccccc2)CC/C=C/OC2(C)Oc3c(C)c(O)c4c(c3C2=O)C2=NC3(CCN(CC(C)C)CC3)NC2=C(NC1=O)C4=O. The number of allylic oxidation sites excluding steroid dienone is 5. The number of aliphatic hydroxyl groups is 2. The first-order chi connectivity index (χ1) is 32.4. The average Bonchev–Trinajstić information content (AvgIpc) is 3.79. The zero-order valence-corrected chi connectivity index (χ0v) is 39.9. The molecule has 3 unspecified atom stereocenters. The topological polar surface area (TPSA) is 225 Å². The van der Waals surface area contributed by atoms with Crippen molar-refractivity contribution in [1.29, 1.82) is 0 Å². The second-order valence-corrected chi connectivity index (χ2v) is 19.2. The molecule has 0 aromatic heterocycles. The van der Waals surface area contributed by atoms with Crippen LogP contribution < -0.4 is 20.7 Å². The van der Waals surface area contributed by atoms with E-state index in [1.165, 1.54) is 20.1 Å². The molecule has 5 heterocycles. The van der Waals surface area contributed by atoms with Crippen LogP contribution in [0.2, 0.25) is 0 Å². The molecule has 6 N–H and O–H groups in total. The first-order valence-corrected chi connectivity index (χ1v) is 23.8. The predicted octanol–water partition coefficient (Wildman–Crippen LogP) is 5.72. The highest BCUT2D eigenvalue weighted by Crippen LogP contribution is 2.50. The van der Waals surface area contributed by atoms with Gasteiger partial charge in [0.2, 0.25) is 11.7 Å². The fraction of sp³-hybridized carbons (Fsp3) is 0.500.